The molecule has 0 radical (unpaired) electrons. The van der Waals surface area contributed by atoms with E-state index >= 15 is 0 Å². The van der Waals surface area contributed by atoms with E-state index in [2.05, 4.69) is 11.1 Å². The van der Waals surface area contributed by atoms with Crippen molar-refractivity contribution in [1.82, 2.24) is 9.55 Å². The fourth-order valence-electron chi connectivity index (χ4n) is 1.98. The standard InChI is InChI=1S/C16H11N3/c17-11-13-4-3-5-15(10-13)19-9-7-14(12-19)16-6-1-2-8-18-16/h1-10,12H. The Morgan fingerprint density at radius 2 is 2.00 bits per heavy atom. The van der Waals surface area contributed by atoms with E-state index in [1.807, 2.05) is 59.4 Å². The lowest BCUT2D eigenvalue weighted by Crippen LogP contribution is -1.90. The van der Waals surface area contributed by atoms with Gasteiger partial charge in [-0.1, -0.05) is 12.1 Å². The molecule has 90 valence electrons. The highest BCUT2D eigenvalue weighted by molar-refractivity contribution is 5.59. The number of nitriles is 1. The highest BCUT2D eigenvalue weighted by atomic mass is 14.9. The smallest absolute Gasteiger partial charge is 0.0992 e. The first kappa shape index (κ1) is 11.2. The van der Waals surface area contributed by atoms with Gasteiger partial charge in [-0.2, -0.15) is 5.26 Å². The molecule has 3 aromatic rings. The molecule has 3 rings (SSSR count). The van der Waals surface area contributed by atoms with E-state index in [1.54, 1.807) is 12.3 Å². The third-order valence-electron chi connectivity index (χ3n) is 2.93. The van der Waals surface area contributed by atoms with Crippen LogP contribution in [0.2, 0.25) is 0 Å². The van der Waals surface area contributed by atoms with Crippen LogP contribution in [0.3, 0.4) is 0 Å². The van der Waals surface area contributed by atoms with E-state index < -0.39 is 0 Å². The van der Waals surface area contributed by atoms with E-state index in [1.165, 1.54) is 0 Å². The van der Waals surface area contributed by atoms with E-state index in [0.717, 1.165) is 16.9 Å². The topological polar surface area (TPSA) is 41.6 Å². The van der Waals surface area contributed by atoms with Gasteiger partial charge in [0.2, 0.25) is 0 Å². The van der Waals surface area contributed by atoms with Crippen LogP contribution in [0.25, 0.3) is 16.9 Å². The first-order chi connectivity index (χ1) is 9.36. The summed E-state index contributed by atoms with van der Waals surface area (Å²) >= 11 is 0. The van der Waals surface area contributed by atoms with Gasteiger partial charge in [-0.25, -0.2) is 0 Å². The molecule has 0 saturated heterocycles. The van der Waals surface area contributed by atoms with Gasteiger partial charge in [0, 0.05) is 29.8 Å². The summed E-state index contributed by atoms with van der Waals surface area (Å²) in [5, 5.41) is 8.92. The zero-order valence-electron chi connectivity index (χ0n) is 10.2. The molecule has 2 aromatic heterocycles. The lowest BCUT2D eigenvalue weighted by Gasteiger charge is -2.02. The average Bonchev–Trinajstić information content (AvgIpc) is 2.98. The van der Waals surface area contributed by atoms with Crippen LogP contribution < -0.4 is 0 Å². The molecular formula is C16H11N3. The molecule has 0 spiro atoms. The molecule has 0 saturated carbocycles. The van der Waals surface area contributed by atoms with E-state index in [0.29, 0.717) is 5.56 Å². The predicted octanol–water partition coefficient (Wildman–Crippen LogP) is 3.41. The fraction of sp³-hybridized carbons (Fsp3) is 0. The highest BCUT2D eigenvalue weighted by Crippen LogP contribution is 2.19. The second kappa shape index (κ2) is 4.79. The molecule has 0 fully saturated rings. The molecule has 3 heteroatoms. The number of nitrogens with zero attached hydrogens (tertiary/aromatic N) is 3. The Bertz CT molecular complexity index is 736. The number of rotatable bonds is 2. The van der Waals surface area contributed by atoms with Crippen molar-refractivity contribution < 1.29 is 0 Å². The van der Waals surface area contributed by atoms with Crippen LogP contribution in [0.1, 0.15) is 5.56 Å². The lowest BCUT2D eigenvalue weighted by molar-refractivity contribution is 1.08. The van der Waals surface area contributed by atoms with Gasteiger partial charge < -0.3 is 4.57 Å². The number of hydrogen-bond acceptors (Lipinski definition) is 2. The van der Waals surface area contributed by atoms with Crippen molar-refractivity contribution in [2.24, 2.45) is 0 Å². The third-order valence-corrected chi connectivity index (χ3v) is 2.93. The second-order valence-corrected chi connectivity index (χ2v) is 4.18. The van der Waals surface area contributed by atoms with Crippen molar-refractivity contribution >= 4 is 0 Å². The number of benzene rings is 1. The molecule has 0 unspecified atom stereocenters. The Hall–Kier alpha value is -2.86. The number of pyridine rings is 1. The Morgan fingerprint density at radius 1 is 1.05 bits per heavy atom. The summed E-state index contributed by atoms with van der Waals surface area (Å²) in [5.41, 5.74) is 3.63. The largest absolute Gasteiger partial charge is 0.323 e. The van der Waals surface area contributed by atoms with E-state index in [4.69, 9.17) is 5.26 Å². The van der Waals surface area contributed by atoms with Gasteiger partial charge in [0.1, 0.15) is 0 Å². The third kappa shape index (κ3) is 2.24. The zero-order chi connectivity index (χ0) is 13.1. The lowest BCUT2D eigenvalue weighted by atomic mass is 10.2. The maximum atomic E-state index is 8.92. The summed E-state index contributed by atoms with van der Waals surface area (Å²) in [5.74, 6) is 0. The van der Waals surface area contributed by atoms with Crippen LogP contribution in [0.5, 0.6) is 0 Å². The maximum absolute atomic E-state index is 8.92. The normalized spacial score (nSPS) is 10.1. The van der Waals surface area contributed by atoms with Gasteiger partial charge in [-0.3, -0.25) is 4.98 Å². The second-order valence-electron chi connectivity index (χ2n) is 4.18. The minimum Gasteiger partial charge on any atom is -0.323 e. The Labute approximate surface area is 111 Å². The van der Waals surface area contributed by atoms with Crippen molar-refractivity contribution in [3.63, 3.8) is 0 Å². The molecule has 2 heterocycles. The van der Waals surface area contributed by atoms with Gasteiger partial charge in [0.05, 0.1) is 17.3 Å². The zero-order valence-corrected chi connectivity index (χ0v) is 10.2. The molecule has 19 heavy (non-hydrogen) atoms. The summed E-state index contributed by atoms with van der Waals surface area (Å²) in [6, 6.07) is 17.5. The summed E-state index contributed by atoms with van der Waals surface area (Å²) < 4.78 is 1.99. The van der Waals surface area contributed by atoms with Crippen LogP contribution in [-0.4, -0.2) is 9.55 Å². The fourth-order valence-corrected chi connectivity index (χ4v) is 1.98. The maximum Gasteiger partial charge on any atom is 0.0992 e. The summed E-state index contributed by atoms with van der Waals surface area (Å²) in [6.45, 7) is 0. The Kier molecular flexibility index (Phi) is 2.83. The van der Waals surface area contributed by atoms with Crippen LogP contribution in [0.4, 0.5) is 0 Å². The molecule has 0 amide bonds. The minimum atomic E-state index is 0.658. The quantitative estimate of drug-likeness (QED) is 0.694. The van der Waals surface area contributed by atoms with Crippen molar-refractivity contribution in [3.05, 3.63) is 72.7 Å². The van der Waals surface area contributed by atoms with Crippen LogP contribution in [0, 0.1) is 11.3 Å². The van der Waals surface area contributed by atoms with Crippen molar-refractivity contribution in [1.29, 1.82) is 5.26 Å². The molecule has 3 nitrogen and oxygen atoms in total. The van der Waals surface area contributed by atoms with Gasteiger partial charge in [0.15, 0.2) is 0 Å². The van der Waals surface area contributed by atoms with Crippen LogP contribution in [0.15, 0.2) is 67.1 Å². The molecule has 1 aromatic carbocycles. The van der Waals surface area contributed by atoms with Crippen LogP contribution in [-0.2, 0) is 0 Å². The van der Waals surface area contributed by atoms with Gasteiger partial charge >= 0.3 is 0 Å². The van der Waals surface area contributed by atoms with Crippen molar-refractivity contribution in [3.8, 4) is 23.0 Å². The summed E-state index contributed by atoms with van der Waals surface area (Å²) in [7, 11) is 0. The predicted molar refractivity (Wildman–Crippen MR) is 73.7 cm³/mol. The molecular weight excluding hydrogens is 234 g/mol. The highest BCUT2D eigenvalue weighted by Gasteiger charge is 2.03. The SMILES string of the molecule is N#Cc1cccc(-n2ccc(-c3ccccn3)c2)c1. The summed E-state index contributed by atoms with van der Waals surface area (Å²) in [6.07, 6.45) is 5.77. The van der Waals surface area contributed by atoms with Gasteiger partial charge in [-0.05, 0) is 36.4 Å². The van der Waals surface area contributed by atoms with E-state index in [-0.39, 0.29) is 0 Å². The van der Waals surface area contributed by atoms with Crippen molar-refractivity contribution in [2.45, 2.75) is 0 Å². The molecule has 0 atom stereocenters. The number of aromatic nitrogens is 2. The monoisotopic (exact) mass is 245 g/mol. The molecule has 0 aliphatic carbocycles. The first-order valence-corrected chi connectivity index (χ1v) is 5.97. The molecule has 0 aliphatic heterocycles. The number of hydrogen-bond donors (Lipinski definition) is 0. The molecule has 0 N–H and O–H groups in total. The Morgan fingerprint density at radius 3 is 2.79 bits per heavy atom. The van der Waals surface area contributed by atoms with Gasteiger partial charge in [0.25, 0.3) is 0 Å². The van der Waals surface area contributed by atoms with E-state index in [9.17, 15) is 0 Å². The van der Waals surface area contributed by atoms with Gasteiger partial charge in [-0.15, -0.1) is 0 Å². The first-order valence-electron chi connectivity index (χ1n) is 5.97. The van der Waals surface area contributed by atoms with Crippen molar-refractivity contribution in [2.75, 3.05) is 0 Å². The summed E-state index contributed by atoms with van der Waals surface area (Å²) in [4.78, 5) is 4.32. The molecule has 0 aliphatic rings. The van der Waals surface area contributed by atoms with Crippen LogP contribution >= 0.6 is 0 Å². The Balaban J connectivity index is 2.00. The average molecular weight is 245 g/mol. The molecule has 0 bridgehead atoms. The minimum absolute atomic E-state index is 0.658.